The van der Waals surface area contributed by atoms with Gasteiger partial charge in [-0.3, -0.25) is 5.32 Å². The average molecular weight is 227 g/mol. The second-order valence-corrected chi connectivity index (χ2v) is 7.37. The van der Waals surface area contributed by atoms with Crippen LogP contribution in [-0.4, -0.2) is 11.3 Å². The molecule has 1 fully saturated rings. The maximum Gasteiger partial charge on any atom is 0.119 e. The number of rotatable bonds is 1. The molecule has 2 unspecified atom stereocenters. The van der Waals surface area contributed by atoms with Crippen molar-refractivity contribution in [3.05, 3.63) is 0 Å². The quantitative estimate of drug-likeness (QED) is 0.601. The Bertz CT molecular complexity index is 234. The number of hydrogen-bond donors (Lipinski definition) is 3. The largest absolute Gasteiger partial charge is 0.301 e. The first-order valence-corrected chi connectivity index (χ1v) is 6.30. The van der Waals surface area contributed by atoms with Crippen LogP contribution in [0.4, 0.5) is 0 Å². The van der Waals surface area contributed by atoms with Crippen molar-refractivity contribution in [2.45, 2.75) is 65.7 Å². The summed E-state index contributed by atoms with van der Waals surface area (Å²) in [5.41, 5.74) is 12.5. The van der Waals surface area contributed by atoms with Gasteiger partial charge in [-0.1, -0.05) is 27.7 Å². The van der Waals surface area contributed by atoms with Crippen molar-refractivity contribution in [1.29, 1.82) is 0 Å². The monoisotopic (exact) mass is 227 g/mol. The molecule has 1 aliphatic heterocycles. The van der Waals surface area contributed by atoms with Gasteiger partial charge < -0.3 is 11.5 Å². The molecule has 16 heavy (non-hydrogen) atoms. The lowest BCUT2D eigenvalue weighted by atomic mass is 9.67. The Balaban J connectivity index is 2.83. The number of nitrogens with one attached hydrogen (secondary N) is 1. The SMILES string of the molecule is CC(C1CC(C)(C)NC(N)(N)C1)C(C)(C)C. The zero-order valence-corrected chi connectivity index (χ0v) is 11.7. The van der Waals surface area contributed by atoms with Gasteiger partial charge in [0.05, 0.1) is 0 Å². The Hall–Kier alpha value is -0.120. The van der Waals surface area contributed by atoms with E-state index in [2.05, 4.69) is 46.9 Å². The van der Waals surface area contributed by atoms with Crippen LogP contribution in [0.2, 0.25) is 0 Å². The minimum atomic E-state index is -0.716. The summed E-state index contributed by atoms with van der Waals surface area (Å²) in [7, 11) is 0. The Labute approximate surface area is 100 Å². The van der Waals surface area contributed by atoms with Gasteiger partial charge in [0.2, 0.25) is 0 Å². The van der Waals surface area contributed by atoms with Crippen molar-refractivity contribution in [2.75, 3.05) is 0 Å². The predicted molar refractivity (Wildman–Crippen MR) is 69.7 cm³/mol. The highest BCUT2D eigenvalue weighted by Gasteiger charge is 2.42. The van der Waals surface area contributed by atoms with Crippen molar-refractivity contribution < 1.29 is 0 Å². The molecule has 0 saturated carbocycles. The molecule has 0 aliphatic carbocycles. The molecule has 1 saturated heterocycles. The lowest BCUT2D eigenvalue weighted by Gasteiger charge is -2.49. The predicted octanol–water partition coefficient (Wildman–Crippen LogP) is 2.02. The van der Waals surface area contributed by atoms with Gasteiger partial charge in [0.15, 0.2) is 0 Å². The molecule has 5 N–H and O–H groups in total. The van der Waals surface area contributed by atoms with Crippen molar-refractivity contribution in [2.24, 2.45) is 28.7 Å². The zero-order chi connectivity index (χ0) is 12.8. The van der Waals surface area contributed by atoms with Gasteiger partial charge in [0.1, 0.15) is 5.79 Å². The molecule has 0 amide bonds. The van der Waals surface area contributed by atoms with Crippen LogP contribution in [0, 0.1) is 17.3 Å². The minimum absolute atomic E-state index is 0.0337. The van der Waals surface area contributed by atoms with E-state index < -0.39 is 5.79 Å². The summed E-state index contributed by atoms with van der Waals surface area (Å²) in [6.07, 6.45) is 2.00. The smallest absolute Gasteiger partial charge is 0.119 e. The third kappa shape index (κ3) is 3.44. The number of piperidine rings is 1. The van der Waals surface area contributed by atoms with E-state index in [0.29, 0.717) is 17.3 Å². The van der Waals surface area contributed by atoms with Gasteiger partial charge >= 0.3 is 0 Å². The second-order valence-electron chi connectivity index (χ2n) is 7.37. The third-order valence-electron chi connectivity index (χ3n) is 4.02. The van der Waals surface area contributed by atoms with E-state index >= 15 is 0 Å². The third-order valence-corrected chi connectivity index (χ3v) is 4.02. The fraction of sp³-hybridized carbons (Fsp3) is 1.00. The number of nitrogens with two attached hydrogens (primary N) is 2. The standard InChI is InChI=1S/C13H29N3/c1-9(11(2,3)4)10-7-12(5,6)16-13(14,15)8-10/h9-10,16H,7-8,14-15H2,1-6H3. The van der Waals surface area contributed by atoms with E-state index in [1.54, 1.807) is 0 Å². The van der Waals surface area contributed by atoms with E-state index in [0.717, 1.165) is 12.8 Å². The Kier molecular flexibility index (Phi) is 3.46. The van der Waals surface area contributed by atoms with Crippen LogP contribution in [0.25, 0.3) is 0 Å². The van der Waals surface area contributed by atoms with Crippen LogP contribution in [0.15, 0.2) is 0 Å². The number of hydrogen-bond acceptors (Lipinski definition) is 3. The molecule has 0 aromatic rings. The Morgan fingerprint density at radius 3 is 2.06 bits per heavy atom. The first-order chi connectivity index (χ1) is 6.93. The van der Waals surface area contributed by atoms with Crippen molar-refractivity contribution in [3.8, 4) is 0 Å². The molecule has 1 aliphatic rings. The highest BCUT2D eigenvalue weighted by atomic mass is 15.3. The van der Waals surface area contributed by atoms with Crippen LogP contribution in [-0.2, 0) is 0 Å². The van der Waals surface area contributed by atoms with E-state index in [1.165, 1.54) is 0 Å². The van der Waals surface area contributed by atoms with Gasteiger partial charge in [0, 0.05) is 5.54 Å². The van der Waals surface area contributed by atoms with E-state index in [4.69, 9.17) is 11.5 Å². The molecule has 3 nitrogen and oxygen atoms in total. The Morgan fingerprint density at radius 2 is 1.69 bits per heavy atom. The molecule has 0 aromatic heterocycles. The molecule has 0 bridgehead atoms. The Morgan fingerprint density at radius 1 is 1.19 bits per heavy atom. The molecule has 0 radical (unpaired) electrons. The van der Waals surface area contributed by atoms with Crippen molar-refractivity contribution >= 4 is 0 Å². The summed E-state index contributed by atoms with van der Waals surface area (Å²) in [6.45, 7) is 13.6. The summed E-state index contributed by atoms with van der Waals surface area (Å²) in [6, 6.07) is 0. The molecule has 0 aromatic carbocycles. The zero-order valence-electron chi connectivity index (χ0n) is 11.7. The molecule has 0 spiro atoms. The van der Waals surface area contributed by atoms with Gasteiger partial charge in [0.25, 0.3) is 0 Å². The molecule has 1 rings (SSSR count). The van der Waals surface area contributed by atoms with E-state index in [9.17, 15) is 0 Å². The normalized spacial score (nSPS) is 31.1. The summed E-state index contributed by atoms with van der Waals surface area (Å²) in [5.74, 6) is 0.498. The maximum atomic E-state index is 6.09. The second kappa shape index (κ2) is 3.97. The summed E-state index contributed by atoms with van der Waals surface area (Å²) in [4.78, 5) is 0. The van der Waals surface area contributed by atoms with Crippen LogP contribution < -0.4 is 16.8 Å². The summed E-state index contributed by atoms with van der Waals surface area (Å²) >= 11 is 0. The summed E-state index contributed by atoms with van der Waals surface area (Å²) < 4.78 is 0. The van der Waals surface area contributed by atoms with E-state index in [-0.39, 0.29) is 5.54 Å². The van der Waals surface area contributed by atoms with E-state index in [1.807, 2.05) is 0 Å². The van der Waals surface area contributed by atoms with Gasteiger partial charge in [-0.15, -0.1) is 0 Å². The van der Waals surface area contributed by atoms with Gasteiger partial charge in [-0.05, 0) is 43.9 Å². The van der Waals surface area contributed by atoms with Crippen molar-refractivity contribution in [3.63, 3.8) is 0 Å². The summed E-state index contributed by atoms with van der Waals surface area (Å²) in [5, 5.41) is 3.32. The lowest BCUT2D eigenvalue weighted by Crippen LogP contribution is -2.71. The van der Waals surface area contributed by atoms with Gasteiger partial charge in [-0.2, -0.15) is 0 Å². The molecular formula is C13H29N3. The van der Waals surface area contributed by atoms with Crippen molar-refractivity contribution in [1.82, 2.24) is 5.32 Å². The lowest BCUT2D eigenvalue weighted by molar-refractivity contribution is 0.0462. The fourth-order valence-electron chi connectivity index (χ4n) is 2.95. The van der Waals surface area contributed by atoms with Crippen LogP contribution >= 0.6 is 0 Å². The van der Waals surface area contributed by atoms with Crippen LogP contribution in [0.3, 0.4) is 0 Å². The maximum absolute atomic E-state index is 6.09. The van der Waals surface area contributed by atoms with Crippen LogP contribution in [0.5, 0.6) is 0 Å². The minimum Gasteiger partial charge on any atom is -0.301 e. The fourth-order valence-corrected chi connectivity index (χ4v) is 2.95. The molecular weight excluding hydrogens is 198 g/mol. The molecule has 2 atom stereocenters. The highest BCUT2D eigenvalue weighted by Crippen LogP contribution is 2.41. The van der Waals surface area contributed by atoms with Crippen LogP contribution in [0.1, 0.15) is 54.4 Å². The molecule has 3 heteroatoms. The first-order valence-electron chi connectivity index (χ1n) is 6.30. The molecule has 1 heterocycles. The highest BCUT2D eigenvalue weighted by molar-refractivity contribution is 4.97. The topological polar surface area (TPSA) is 64.1 Å². The first kappa shape index (κ1) is 13.9. The average Bonchev–Trinajstić information content (AvgIpc) is 1.94. The molecule has 96 valence electrons. The van der Waals surface area contributed by atoms with Gasteiger partial charge in [-0.25, -0.2) is 0 Å².